The van der Waals surface area contributed by atoms with Crippen LogP contribution in [0.2, 0.25) is 0 Å². The third-order valence-corrected chi connectivity index (χ3v) is 5.50. The molecule has 1 saturated heterocycles. The van der Waals surface area contributed by atoms with E-state index in [9.17, 15) is 4.79 Å². The number of hydrogen-bond donors (Lipinski definition) is 1. The average Bonchev–Trinajstić information content (AvgIpc) is 2.82. The van der Waals surface area contributed by atoms with Gasteiger partial charge in [-0.3, -0.25) is 14.6 Å². The first-order valence-corrected chi connectivity index (χ1v) is 10.7. The van der Waals surface area contributed by atoms with Crippen LogP contribution in [0.25, 0.3) is 11.1 Å². The lowest BCUT2D eigenvalue weighted by Crippen LogP contribution is -2.48. The van der Waals surface area contributed by atoms with Crippen LogP contribution in [-0.4, -0.2) is 54.6 Å². The van der Waals surface area contributed by atoms with E-state index < -0.39 is 0 Å². The number of nitrogens with zero attached hydrogens (tertiary/aromatic N) is 3. The van der Waals surface area contributed by atoms with Crippen LogP contribution >= 0.6 is 0 Å². The fraction of sp³-hybridized carbons (Fsp3) is 0.231. The van der Waals surface area contributed by atoms with Gasteiger partial charge < -0.3 is 0 Å². The first-order valence-electron chi connectivity index (χ1n) is 10.7. The third kappa shape index (κ3) is 6.35. The van der Waals surface area contributed by atoms with Gasteiger partial charge in [-0.2, -0.15) is 5.10 Å². The van der Waals surface area contributed by atoms with Gasteiger partial charge in [-0.25, -0.2) is 5.43 Å². The Morgan fingerprint density at radius 2 is 1.35 bits per heavy atom. The lowest BCUT2D eigenvalue weighted by molar-refractivity contribution is -0.122. The minimum absolute atomic E-state index is 0.0753. The zero-order valence-corrected chi connectivity index (χ0v) is 17.7. The lowest BCUT2D eigenvalue weighted by atomic mass is 10.0. The Bertz CT molecular complexity index is 979. The van der Waals surface area contributed by atoms with Crippen molar-refractivity contribution in [1.29, 1.82) is 0 Å². The summed E-state index contributed by atoms with van der Waals surface area (Å²) in [6, 6.07) is 28.9. The predicted molar refractivity (Wildman–Crippen MR) is 126 cm³/mol. The zero-order valence-electron chi connectivity index (χ0n) is 17.7. The molecule has 3 aromatic carbocycles. The highest BCUT2D eigenvalue weighted by Crippen LogP contribution is 2.18. The number of carbonyl (C=O) groups is 1. The van der Waals surface area contributed by atoms with Gasteiger partial charge in [-0.15, -0.1) is 0 Å². The van der Waals surface area contributed by atoms with E-state index in [-0.39, 0.29) is 5.91 Å². The quantitative estimate of drug-likeness (QED) is 0.476. The molecule has 1 aliphatic rings. The maximum Gasteiger partial charge on any atom is 0.254 e. The van der Waals surface area contributed by atoms with Crippen molar-refractivity contribution < 1.29 is 4.79 Å². The van der Waals surface area contributed by atoms with Crippen LogP contribution in [-0.2, 0) is 11.3 Å². The summed E-state index contributed by atoms with van der Waals surface area (Å²) in [6.45, 7) is 5.08. The minimum Gasteiger partial charge on any atom is -0.297 e. The van der Waals surface area contributed by atoms with Gasteiger partial charge in [0, 0.05) is 32.7 Å². The molecule has 31 heavy (non-hydrogen) atoms. The number of rotatable bonds is 7. The van der Waals surface area contributed by atoms with Gasteiger partial charge in [0.15, 0.2) is 0 Å². The maximum absolute atomic E-state index is 12.2. The molecule has 1 aliphatic heterocycles. The fourth-order valence-electron chi connectivity index (χ4n) is 3.76. The van der Waals surface area contributed by atoms with Crippen LogP contribution in [0.5, 0.6) is 0 Å². The van der Waals surface area contributed by atoms with Crippen LogP contribution in [0.3, 0.4) is 0 Å². The Hall–Kier alpha value is -3.28. The minimum atomic E-state index is -0.0753. The third-order valence-electron chi connectivity index (χ3n) is 5.50. The molecule has 4 rings (SSSR count). The van der Waals surface area contributed by atoms with Crippen LogP contribution in [0.15, 0.2) is 90.0 Å². The van der Waals surface area contributed by atoms with Crippen molar-refractivity contribution >= 4 is 12.1 Å². The molecule has 3 aromatic rings. The summed E-state index contributed by atoms with van der Waals surface area (Å²) in [6.07, 6.45) is 1.68. The van der Waals surface area contributed by atoms with E-state index >= 15 is 0 Å². The van der Waals surface area contributed by atoms with E-state index in [0.29, 0.717) is 6.54 Å². The molecule has 1 amide bonds. The summed E-state index contributed by atoms with van der Waals surface area (Å²) in [5, 5.41) is 4.12. The zero-order chi connectivity index (χ0) is 21.3. The summed E-state index contributed by atoms with van der Waals surface area (Å²) < 4.78 is 0. The van der Waals surface area contributed by atoms with Gasteiger partial charge in [0.05, 0.1) is 12.8 Å². The van der Waals surface area contributed by atoms with Crippen molar-refractivity contribution in [1.82, 2.24) is 15.2 Å². The van der Waals surface area contributed by atoms with Crippen LogP contribution in [0.1, 0.15) is 11.1 Å². The lowest BCUT2D eigenvalue weighted by Gasteiger charge is -2.34. The number of hydrogen-bond acceptors (Lipinski definition) is 4. The highest BCUT2D eigenvalue weighted by molar-refractivity contribution is 5.83. The molecule has 0 aromatic heterocycles. The summed E-state index contributed by atoms with van der Waals surface area (Å²) in [5.41, 5.74) is 7.28. The first-order chi connectivity index (χ1) is 15.3. The number of carbonyl (C=O) groups excluding carboxylic acids is 1. The second-order valence-corrected chi connectivity index (χ2v) is 7.82. The Balaban J connectivity index is 1.19. The standard InChI is InChI=1S/C26H28N4O/c31-26(21-30-17-15-29(16-18-30)20-23-7-3-1-4-8-23)28-27-19-22-11-13-25(14-12-22)24-9-5-2-6-10-24/h1-14,19H,15-18,20-21H2,(H,28,31)/b27-19-. The SMILES string of the molecule is O=C(CN1CCN(Cc2ccccc2)CC1)N/N=C\c1ccc(-c2ccccc2)cc1. The number of benzene rings is 3. The van der Waals surface area contributed by atoms with Crippen LogP contribution in [0.4, 0.5) is 0 Å². The summed E-state index contributed by atoms with van der Waals surface area (Å²) in [7, 11) is 0. The molecular formula is C26H28N4O. The average molecular weight is 413 g/mol. The molecule has 0 bridgehead atoms. The largest absolute Gasteiger partial charge is 0.297 e. The van der Waals surface area contributed by atoms with E-state index in [1.165, 1.54) is 11.1 Å². The Kier molecular flexibility index (Phi) is 7.21. The van der Waals surface area contributed by atoms with Gasteiger partial charge in [0.2, 0.25) is 0 Å². The monoisotopic (exact) mass is 412 g/mol. The predicted octanol–water partition coefficient (Wildman–Crippen LogP) is 3.62. The van der Waals surface area contributed by atoms with E-state index in [4.69, 9.17) is 0 Å². The van der Waals surface area contributed by atoms with Crippen molar-refractivity contribution in [2.24, 2.45) is 5.10 Å². The molecule has 0 unspecified atom stereocenters. The highest BCUT2D eigenvalue weighted by Gasteiger charge is 2.18. The Labute approximate surface area is 184 Å². The summed E-state index contributed by atoms with van der Waals surface area (Å²) >= 11 is 0. The van der Waals surface area contributed by atoms with Crippen molar-refractivity contribution in [3.63, 3.8) is 0 Å². The smallest absolute Gasteiger partial charge is 0.254 e. The first kappa shape index (κ1) is 21.0. The summed E-state index contributed by atoms with van der Waals surface area (Å²) in [5.74, 6) is -0.0753. The Morgan fingerprint density at radius 3 is 2.03 bits per heavy atom. The molecule has 0 atom stereocenters. The van der Waals surface area contributed by atoms with E-state index in [1.807, 2.05) is 36.4 Å². The topological polar surface area (TPSA) is 47.9 Å². The van der Waals surface area contributed by atoms with Gasteiger partial charge in [-0.05, 0) is 22.3 Å². The van der Waals surface area contributed by atoms with Gasteiger partial charge in [-0.1, -0.05) is 84.9 Å². The number of nitrogens with one attached hydrogen (secondary N) is 1. The van der Waals surface area contributed by atoms with Gasteiger partial charge >= 0.3 is 0 Å². The second-order valence-electron chi connectivity index (χ2n) is 7.82. The van der Waals surface area contributed by atoms with E-state index in [2.05, 4.69) is 68.9 Å². The van der Waals surface area contributed by atoms with Crippen LogP contribution in [0, 0.1) is 0 Å². The van der Waals surface area contributed by atoms with Gasteiger partial charge in [0.25, 0.3) is 5.91 Å². The van der Waals surface area contributed by atoms with Crippen LogP contribution < -0.4 is 5.43 Å². The molecule has 158 valence electrons. The van der Waals surface area contributed by atoms with Crippen molar-refractivity contribution in [2.75, 3.05) is 32.7 Å². The van der Waals surface area contributed by atoms with E-state index in [1.54, 1.807) is 6.21 Å². The number of amides is 1. The van der Waals surface area contributed by atoms with Crippen molar-refractivity contribution in [2.45, 2.75) is 6.54 Å². The molecule has 0 radical (unpaired) electrons. The highest BCUT2D eigenvalue weighted by atomic mass is 16.2. The molecule has 5 nitrogen and oxygen atoms in total. The van der Waals surface area contributed by atoms with E-state index in [0.717, 1.165) is 43.9 Å². The molecule has 1 heterocycles. The molecule has 5 heteroatoms. The molecule has 1 fully saturated rings. The number of hydrazone groups is 1. The Morgan fingerprint density at radius 1 is 0.774 bits per heavy atom. The molecular weight excluding hydrogens is 384 g/mol. The molecule has 1 N–H and O–H groups in total. The normalized spacial score (nSPS) is 15.2. The van der Waals surface area contributed by atoms with Gasteiger partial charge in [0.1, 0.15) is 0 Å². The fourth-order valence-corrected chi connectivity index (χ4v) is 3.76. The number of piperazine rings is 1. The summed E-state index contributed by atoms with van der Waals surface area (Å²) in [4.78, 5) is 16.8. The molecule has 0 aliphatic carbocycles. The molecule has 0 saturated carbocycles. The molecule has 0 spiro atoms. The van der Waals surface area contributed by atoms with Crippen molar-refractivity contribution in [3.8, 4) is 11.1 Å². The van der Waals surface area contributed by atoms with Crippen molar-refractivity contribution in [3.05, 3.63) is 96.1 Å². The second kappa shape index (κ2) is 10.7. The maximum atomic E-state index is 12.2.